The number of benzene rings is 2. The number of amides is 1. The molecule has 0 bridgehead atoms. The largest absolute Gasteiger partial charge is 0.354 e. The lowest BCUT2D eigenvalue weighted by Crippen LogP contribution is -2.46. The van der Waals surface area contributed by atoms with Crippen LogP contribution in [-0.2, 0) is 4.79 Å². The minimum Gasteiger partial charge on any atom is -0.354 e. The first-order valence-corrected chi connectivity index (χ1v) is 10.2. The molecule has 1 saturated heterocycles. The smallest absolute Gasteiger partial charge is 0.238 e. The quantitative estimate of drug-likeness (QED) is 0.664. The Morgan fingerprint density at radius 1 is 1.11 bits per heavy atom. The highest BCUT2D eigenvalue weighted by Crippen LogP contribution is 2.38. The maximum absolute atomic E-state index is 12.9. The topological polar surface area (TPSA) is 44.4 Å². The predicted octanol–water partition coefficient (Wildman–Crippen LogP) is 3.62. The SMILES string of the molecule is Cl.O=C(NCCN1CCNCC1)C(Sc1ccccc1Cl)c1ccccc1. The number of thioether (sulfide) groups is 1. The second-order valence-electron chi connectivity index (χ2n) is 6.22. The molecule has 1 fully saturated rings. The van der Waals surface area contributed by atoms with E-state index in [1.165, 1.54) is 11.8 Å². The van der Waals surface area contributed by atoms with E-state index in [0.717, 1.165) is 43.2 Å². The van der Waals surface area contributed by atoms with Gasteiger partial charge in [-0.1, -0.05) is 54.1 Å². The summed E-state index contributed by atoms with van der Waals surface area (Å²) in [5, 5.41) is 6.80. The Hall–Kier alpha value is -1.24. The molecule has 1 heterocycles. The number of nitrogens with one attached hydrogen (secondary N) is 2. The summed E-state index contributed by atoms with van der Waals surface area (Å²) < 4.78 is 0. The van der Waals surface area contributed by atoms with Gasteiger partial charge in [-0.3, -0.25) is 9.69 Å². The Morgan fingerprint density at radius 3 is 2.48 bits per heavy atom. The summed E-state index contributed by atoms with van der Waals surface area (Å²) in [6.45, 7) is 5.64. The predicted molar refractivity (Wildman–Crippen MR) is 116 cm³/mol. The fourth-order valence-corrected chi connectivity index (χ4v) is 4.28. The Bertz CT molecular complexity index is 711. The van der Waals surface area contributed by atoms with Crippen LogP contribution in [0.4, 0.5) is 0 Å². The molecule has 0 radical (unpaired) electrons. The molecule has 2 N–H and O–H groups in total. The van der Waals surface area contributed by atoms with Gasteiger partial charge in [0, 0.05) is 44.2 Å². The second kappa shape index (κ2) is 11.6. The summed E-state index contributed by atoms with van der Waals surface area (Å²) in [4.78, 5) is 16.2. The summed E-state index contributed by atoms with van der Waals surface area (Å²) in [6.07, 6.45) is 0. The highest BCUT2D eigenvalue weighted by atomic mass is 35.5. The molecule has 0 spiro atoms. The molecule has 1 amide bonds. The van der Waals surface area contributed by atoms with Crippen molar-refractivity contribution in [3.05, 3.63) is 65.2 Å². The van der Waals surface area contributed by atoms with E-state index in [1.54, 1.807) is 0 Å². The third-order valence-corrected chi connectivity index (χ3v) is 6.13. The van der Waals surface area contributed by atoms with Crippen LogP contribution in [0.3, 0.4) is 0 Å². The summed E-state index contributed by atoms with van der Waals surface area (Å²) in [5.74, 6) is 0.0243. The Kier molecular flexibility index (Phi) is 9.45. The molecule has 1 aliphatic heterocycles. The minimum atomic E-state index is -0.320. The van der Waals surface area contributed by atoms with E-state index in [0.29, 0.717) is 11.6 Å². The highest BCUT2D eigenvalue weighted by Gasteiger charge is 2.23. The number of nitrogens with zero attached hydrogens (tertiary/aromatic N) is 1. The number of carbonyl (C=O) groups excluding carboxylic acids is 1. The number of carbonyl (C=O) groups is 1. The molecule has 3 rings (SSSR count). The second-order valence-corrected chi connectivity index (χ2v) is 7.78. The van der Waals surface area contributed by atoms with Gasteiger partial charge in [0.25, 0.3) is 0 Å². The number of halogens is 2. The van der Waals surface area contributed by atoms with Gasteiger partial charge in [0.1, 0.15) is 5.25 Å². The van der Waals surface area contributed by atoms with Crippen molar-refractivity contribution in [2.75, 3.05) is 39.3 Å². The first kappa shape index (κ1) is 22.1. The molecule has 7 heteroatoms. The molecule has 0 saturated carbocycles. The fourth-order valence-electron chi connectivity index (χ4n) is 2.93. The van der Waals surface area contributed by atoms with Crippen LogP contribution < -0.4 is 10.6 Å². The van der Waals surface area contributed by atoms with Gasteiger partial charge in [-0.25, -0.2) is 0 Å². The summed E-state index contributed by atoms with van der Waals surface area (Å²) in [5.41, 5.74) is 0.983. The van der Waals surface area contributed by atoms with E-state index >= 15 is 0 Å². The minimum absolute atomic E-state index is 0. The van der Waals surface area contributed by atoms with Crippen LogP contribution in [-0.4, -0.2) is 50.1 Å². The van der Waals surface area contributed by atoms with Gasteiger partial charge in [-0.05, 0) is 17.7 Å². The van der Waals surface area contributed by atoms with Crippen LogP contribution >= 0.6 is 35.8 Å². The van der Waals surface area contributed by atoms with Crippen molar-refractivity contribution in [1.29, 1.82) is 0 Å². The van der Waals surface area contributed by atoms with Crippen molar-refractivity contribution < 1.29 is 4.79 Å². The van der Waals surface area contributed by atoms with Crippen LogP contribution in [0.2, 0.25) is 5.02 Å². The van der Waals surface area contributed by atoms with Crippen molar-refractivity contribution in [3.8, 4) is 0 Å². The molecular formula is C20H25Cl2N3OS. The lowest BCUT2D eigenvalue weighted by atomic mass is 10.1. The summed E-state index contributed by atoms with van der Waals surface area (Å²) >= 11 is 7.80. The van der Waals surface area contributed by atoms with Crippen LogP contribution in [0.5, 0.6) is 0 Å². The van der Waals surface area contributed by atoms with E-state index in [4.69, 9.17) is 11.6 Å². The average molecular weight is 426 g/mol. The van der Waals surface area contributed by atoms with Gasteiger partial charge in [0.05, 0.1) is 5.02 Å². The maximum atomic E-state index is 12.9. The third-order valence-electron chi connectivity index (χ3n) is 4.36. The van der Waals surface area contributed by atoms with Gasteiger partial charge in [0.2, 0.25) is 5.91 Å². The van der Waals surface area contributed by atoms with Crippen molar-refractivity contribution >= 4 is 41.7 Å². The molecule has 2 aromatic carbocycles. The fraction of sp³-hybridized carbons (Fsp3) is 0.350. The number of hydrogen-bond acceptors (Lipinski definition) is 4. The molecular weight excluding hydrogens is 401 g/mol. The van der Waals surface area contributed by atoms with E-state index in [2.05, 4.69) is 15.5 Å². The maximum Gasteiger partial charge on any atom is 0.238 e. The monoisotopic (exact) mass is 425 g/mol. The molecule has 1 aliphatic rings. The van der Waals surface area contributed by atoms with Crippen molar-refractivity contribution in [2.45, 2.75) is 10.1 Å². The zero-order valence-electron chi connectivity index (χ0n) is 15.1. The average Bonchev–Trinajstić information content (AvgIpc) is 2.69. The van der Waals surface area contributed by atoms with E-state index in [1.807, 2.05) is 54.6 Å². The number of hydrogen-bond donors (Lipinski definition) is 2. The highest BCUT2D eigenvalue weighted by molar-refractivity contribution is 8.00. The Labute approximate surface area is 176 Å². The van der Waals surface area contributed by atoms with Gasteiger partial charge < -0.3 is 10.6 Å². The Balaban J connectivity index is 0.00000261. The van der Waals surface area contributed by atoms with Crippen molar-refractivity contribution in [3.63, 3.8) is 0 Å². The van der Waals surface area contributed by atoms with Crippen LogP contribution in [0.25, 0.3) is 0 Å². The molecule has 0 aromatic heterocycles. The number of piperazine rings is 1. The van der Waals surface area contributed by atoms with Crippen LogP contribution in [0.15, 0.2) is 59.5 Å². The van der Waals surface area contributed by atoms with E-state index in [-0.39, 0.29) is 23.6 Å². The third kappa shape index (κ3) is 6.70. The van der Waals surface area contributed by atoms with Gasteiger partial charge in [-0.2, -0.15) is 0 Å². The first-order valence-electron chi connectivity index (χ1n) is 8.91. The molecule has 146 valence electrons. The van der Waals surface area contributed by atoms with Gasteiger partial charge in [-0.15, -0.1) is 24.2 Å². The summed E-state index contributed by atoms with van der Waals surface area (Å²) in [7, 11) is 0. The zero-order valence-corrected chi connectivity index (χ0v) is 17.5. The van der Waals surface area contributed by atoms with E-state index < -0.39 is 0 Å². The normalized spacial score (nSPS) is 15.6. The van der Waals surface area contributed by atoms with E-state index in [9.17, 15) is 4.79 Å². The van der Waals surface area contributed by atoms with Crippen LogP contribution in [0, 0.1) is 0 Å². The summed E-state index contributed by atoms with van der Waals surface area (Å²) in [6, 6.07) is 17.5. The number of rotatable bonds is 7. The first-order chi connectivity index (χ1) is 12.7. The lowest BCUT2D eigenvalue weighted by molar-refractivity contribution is -0.120. The molecule has 4 nitrogen and oxygen atoms in total. The molecule has 2 aromatic rings. The van der Waals surface area contributed by atoms with Gasteiger partial charge in [0.15, 0.2) is 0 Å². The molecule has 1 atom stereocenters. The molecule has 0 aliphatic carbocycles. The molecule has 27 heavy (non-hydrogen) atoms. The standard InChI is InChI=1S/C20H24ClN3OS.ClH/c21-17-8-4-5-9-18(17)26-19(16-6-2-1-3-7-16)20(25)23-12-15-24-13-10-22-11-14-24;/h1-9,19,22H,10-15H2,(H,23,25);1H. The lowest BCUT2D eigenvalue weighted by Gasteiger charge is -2.27. The van der Waals surface area contributed by atoms with Crippen LogP contribution in [0.1, 0.15) is 10.8 Å². The van der Waals surface area contributed by atoms with Crippen molar-refractivity contribution in [1.82, 2.24) is 15.5 Å². The molecule has 1 unspecified atom stereocenters. The van der Waals surface area contributed by atoms with Gasteiger partial charge >= 0.3 is 0 Å². The zero-order chi connectivity index (χ0) is 18.2. The Morgan fingerprint density at radius 2 is 1.78 bits per heavy atom. The van der Waals surface area contributed by atoms with Crippen molar-refractivity contribution in [2.24, 2.45) is 0 Å².